The molecule has 90 valence electrons. The summed E-state index contributed by atoms with van der Waals surface area (Å²) in [5.74, 6) is 0.750. The Kier molecular flexibility index (Phi) is 2.64. The van der Waals surface area contributed by atoms with Crippen LogP contribution in [0.2, 0.25) is 0 Å². The zero-order valence-corrected chi connectivity index (χ0v) is 9.96. The molecule has 1 atom stereocenters. The number of hydrogen-bond acceptors (Lipinski definition) is 4. The van der Waals surface area contributed by atoms with Gasteiger partial charge in [-0.2, -0.15) is 0 Å². The molecule has 0 spiro atoms. The van der Waals surface area contributed by atoms with Crippen LogP contribution in [0.4, 0.5) is 5.82 Å². The van der Waals surface area contributed by atoms with Crippen LogP contribution in [0.3, 0.4) is 0 Å². The SMILES string of the molecule is CC(Nc1cnc2[nH]ccc2n1)c1ccccn1. The van der Waals surface area contributed by atoms with Gasteiger partial charge in [-0.25, -0.2) is 9.97 Å². The standard InChI is InChI=1S/C13H13N5/c1-9(10-4-2-3-6-14-10)17-12-8-16-13-11(18-12)5-7-15-13/h2-9H,1H3,(H,15,16)(H,17,18). The van der Waals surface area contributed by atoms with E-state index < -0.39 is 0 Å². The Morgan fingerprint density at radius 1 is 1.22 bits per heavy atom. The van der Waals surface area contributed by atoms with Crippen molar-refractivity contribution in [1.82, 2.24) is 19.9 Å². The molecule has 0 aliphatic rings. The van der Waals surface area contributed by atoms with Gasteiger partial charge in [0.05, 0.1) is 17.9 Å². The Morgan fingerprint density at radius 2 is 2.17 bits per heavy atom. The van der Waals surface area contributed by atoms with Crippen LogP contribution < -0.4 is 5.32 Å². The highest BCUT2D eigenvalue weighted by atomic mass is 15.1. The number of hydrogen-bond donors (Lipinski definition) is 2. The first-order valence-corrected chi connectivity index (χ1v) is 5.80. The molecular formula is C13H13N5. The van der Waals surface area contributed by atoms with Crippen molar-refractivity contribution in [2.24, 2.45) is 0 Å². The van der Waals surface area contributed by atoms with E-state index >= 15 is 0 Å². The van der Waals surface area contributed by atoms with E-state index in [0.29, 0.717) is 0 Å². The summed E-state index contributed by atoms with van der Waals surface area (Å²) in [5, 5.41) is 3.29. The van der Waals surface area contributed by atoms with Crippen LogP contribution in [-0.4, -0.2) is 19.9 Å². The third-order valence-corrected chi connectivity index (χ3v) is 2.76. The summed E-state index contributed by atoms with van der Waals surface area (Å²) in [7, 11) is 0. The van der Waals surface area contributed by atoms with Crippen LogP contribution in [-0.2, 0) is 0 Å². The molecule has 0 saturated carbocycles. The fourth-order valence-corrected chi connectivity index (χ4v) is 1.83. The third kappa shape index (κ3) is 2.02. The molecule has 3 aromatic heterocycles. The van der Waals surface area contributed by atoms with E-state index in [4.69, 9.17) is 0 Å². The molecule has 0 aromatic carbocycles. The molecule has 0 radical (unpaired) electrons. The van der Waals surface area contributed by atoms with Gasteiger partial charge in [0.2, 0.25) is 0 Å². The lowest BCUT2D eigenvalue weighted by Gasteiger charge is -2.13. The number of aromatic amines is 1. The maximum absolute atomic E-state index is 4.47. The fraction of sp³-hybridized carbons (Fsp3) is 0.154. The molecule has 0 bridgehead atoms. The monoisotopic (exact) mass is 239 g/mol. The summed E-state index contributed by atoms with van der Waals surface area (Å²) in [6.07, 6.45) is 5.34. The topological polar surface area (TPSA) is 66.5 Å². The molecule has 2 N–H and O–H groups in total. The molecule has 0 fully saturated rings. The van der Waals surface area contributed by atoms with Crippen LogP contribution in [0, 0.1) is 0 Å². The van der Waals surface area contributed by atoms with Crippen molar-refractivity contribution in [3.05, 3.63) is 48.5 Å². The van der Waals surface area contributed by atoms with E-state index in [1.807, 2.05) is 37.4 Å². The zero-order chi connectivity index (χ0) is 12.4. The van der Waals surface area contributed by atoms with E-state index in [9.17, 15) is 0 Å². The van der Waals surface area contributed by atoms with Gasteiger partial charge < -0.3 is 10.3 Å². The number of nitrogens with zero attached hydrogens (tertiary/aromatic N) is 3. The number of nitrogens with one attached hydrogen (secondary N) is 2. The maximum Gasteiger partial charge on any atom is 0.156 e. The summed E-state index contributed by atoms with van der Waals surface area (Å²) in [6.45, 7) is 2.05. The number of H-pyrrole nitrogens is 1. The molecule has 0 aliphatic heterocycles. The van der Waals surface area contributed by atoms with E-state index in [2.05, 4.69) is 25.3 Å². The quantitative estimate of drug-likeness (QED) is 0.737. The summed E-state index contributed by atoms with van der Waals surface area (Å²) < 4.78 is 0. The van der Waals surface area contributed by atoms with Gasteiger partial charge in [0.1, 0.15) is 11.3 Å². The minimum absolute atomic E-state index is 0.0943. The smallest absolute Gasteiger partial charge is 0.156 e. The Bertz CT molecular complexity index is 647. The number of fused-ring (bicyclic) bond motifs is 1. The third-order valence-electron chi connectivity index (χ3n) is 2.76. The second-order valence-electron chi connectivity index (χ2n) is 4.09. The van der Waals surface area contributed by atoms with E-state index in [0.717, 1.165) is 22.7 Å². The summed E-state index contributed by atoms with van der Waals surface area (Å²) in [4.78, 5) is 16.1. The lowest BCUT2D eigenvalue weighted by molar-refractivity contribution is 0.832. The van der Waals surface area contributed by atoms with Gasteiger partial charge in [0.15, 0.2) is 5.65 Å². The van der Waals surface area contributed by atoms with Gasteiger partial charge in [-0.05, 0) is 25.1 Å². The van der Waals surface area contributed by atoms with Crippen molar-refractivity contribution in [2.75, 3.05) is 5.32 Å². The Balaban J connectivity index is 1.83. The summed E-state index contributed by atoms with van der Waals surface area (Å²) in [5.41, 5.74) is 2.63. The molecule has 3 heterocycles. The minimum Gasteiger partial charge on any atom is -0.361 e. The largest absolute Gasteiger partial charge is 0.361 e. The maximum atomic E-state index is 4.47. The Labute approximate surface area is 104 Å². The van der Waals surface area contributed by atoms with Crippen molar-refractivity contribution in [1.29, 1.82) is 0 Å². The van der Waals surface area contributed by atoms with Crippen LogP contribution in [0.15, 0.2) is 42.9 Å². The first-order valence-electron chi connectivity index (χ1n) is 5.80. The average molecular weight is 239 g/mol. The fourth-order valence-electron chi connectivity index (χ4n) is 1.83. The average Bonchev–Trinajstić information content (AvgIpc) is 2.87. The number of aromatic nitrogens is 4. The molecule has 5 heteroatoms. The second kappa shape index (κ2) is 4.44. The molecule has 18 heavy (non-hydrogen) atoms. The van der Waals surface area contributed by atoms with Crippen LogP contribution in [0.1, 0.15) is 18.7 Å². The number of anilines is 1. The Hall–Kier alpha value is -2.43. The van der Waals surface area contributed by atoms with E-state index in [-0.39, 0.29) is 6.04 Å². The highest BCUT2D eigenvalue weighted by Crippen LogP contribution is 2.16. The van der Waals surface area contributed by atoms with Gasteiger partial charge in [-0.1, -0.05) is 6.07 Å². The van der Waals surface area contributed by atoms with Gasteiger partial charge in [-0.3, -0.25) is 4.98 Å². The predicted octanol–water partition coefficient (Wildman–Crippen LogP) is 2.53. The molecule has 3 rings (SSSR count). The van der Waals surface area contributed by atoms with Gasteiger partial charge >= 0.3 is 0 Å². The first kappa shape index (κ1) is 10.7. The number of rotatable bonds is 3. The van der Waals surface area contributed by atoms with E-state index in [1.54, 1.807) is 12.4 Å². The summed E-state index contributed by atoms with van der Waals surface area (Å²) >= 11 is 0. The van der Waals surface area contributed by atoms with Gasteiger partial charge in [-0.15, -0.1) is 0 Å². The minimum atomic E-state index is 0.0943. The Morgan fingerprint density at radius 3 is 3.00 bits per heavy atom. The molecule has 1 unspecified atom stereocenters. The predicted molar refractivity (Wildman–Crippen MR) is 70.2 cm³/mol. The van der Waals surface area contributed by atoms with Crippen LogP contribution in [0.5, 0.6) is 0 Å². The van der Waals surface area contributed by atoms with Crippen molar-refractivity contribution in [3.8, 4) is 0 Å². The first-order chi connectivity index (χ1) is 8.83. The lowest BCUT2D eigenvalue weighted by Crippen LogP contribution is -2.09. The zero-order valence-electron chi connectivity index (χ0n) is 9.96. The van der Waals surface area contributed by atoms with Crippen molar-refractivity contribution >= 4 is 17.0 Å². The van der Waals surface area contributed by atoms with Crippen LogP contribution in [0.25, 0.3) is 11.2 Å². The molecule has 0 saturated heterocycles. The van der Waals surface area contributed by atoms with Crippen LogP contribution >= 0.6 is 0 Å². The van der Waals surface area contributed by atoms with Crippen molar-refractivity contribution in [2.45, 2.75) is 13.0 Å². The molecule has 5 nitrogen and oxygen atoms in total. The highest BCUT2D eigenvalue weighted by molar-refractivity contribution is 5.71. The van der Waals surface area contributed by atoms with Crippen molar-refractivity contribution < 1.29 is 0 Å². The van der Waals surface area contributed by atoms with E-state index in [1.165, 1.54) is 0 Å². The number of pyridine rings is 1. The molecular weight excluding hydrogens is 226 g/mol. The normalized spacial score (nSPS) is 12.5. The summed E-state index contributed by atoms with van der Waals surface area (Å²) in [6, 6.07) is 7.86. The molecule has 0 amide bonds. The van der Waals surface area contributed by atoms with Gasteiger partial charge in [0.25, 0.3) is 0 Å². The molecule has 3 aromatic rings. The van der Waals surface area contributed by atoms with Gasteiger partial charge in [0, 0.05) is 12.4 Å². The lowest BCUT2D eigenvalue weighted by atomic mass is 10.2. The van der Waals surface area contributed by atoms with Crippen molar-refractivity contribution in [3.63, 3.8) is 0 Å². The highest BCUT2D eigenvalue weighted by Gasteiger charge is 2.07. The second-order valence-corrected chi connectivity index (χ2v) is 4.09. The molecule has 0 aliphatic carbocycles.